The molecule has 1 aliphatic carbocycles. The molecule has 0 atom stereocenters. The molecule has 2 aromatic rings. The Morgan fingerprint density at radius 3 is 2.40 bits per heavy atom. The van der Waals surface area contributed by atoms with E-state index in [4.69, 9.17) is 22.3 Å². The van der Waals surface area contributed by atoms with Crippen LogP contribution in [0, 0.1) is 0 Å². The van der Waals surface area contributed by atoms with E-state index in [2.05, 4.69) is 20.9 Å². The SMILES string of the molecule is Nc1nc(-c2ccc(Cl)cc2)nc(C2CCCC2)c1Br. The fourth-order valence-corrected chi connectivity index (χ4v) is 3.31. The number of aromatic nitrogens is 2. The maximum absolute atomic E-state index is 6.03. The van der Waals surface area contributed by atoms with Gasteiger partial charge in [-0.15, -0.1) is 0 Å². The van der Waals surface area contributed by atoms with Crippen LogP contribution in [0.2, 0.25) is 5.02 Å². The van der Waals surface area contributed by atoms with Gasteiger partial charge in [0.2, 0.25) is 0 Å². The van der Waals surface area contributed by atoms with E-state index in [1.54, 1.807) is 0 Å². The predicted octanol–water partition coefficient (Wildman–Crippen LogP) is 4.80. The van der Waals surface area contributed by atoms with Crippen LogP contribution >= 0.6 is 27.5 Å². The van der Waals surface area contributed by atoms with E-state index < -0.39 is 0 Å². The van der Waals surface area contributed by atoms with Gasteiger partial charge in [0.15, 0.2) is 5.82 Å². The van der Waals surface area contributed by atoms with Gasteiger partial charge in [0.1, 0.15) is 5.82 Å². The van der Waals surface area contributed by atoms with Gasteiger partial charge in [0.25, 0.3) is 0 Å². The third-order valence-corrected chi connectivity index (χ3v) is 4.81. The lowest BCUT2D eigenvalue weighted by atomic mass is 10.0. The number of hydrogen-bond donors (Lipinski definition) is 1. The second-order valence-electron chi connectivity index (χ2n) is 5.12. The molecule has 0 radical (unpaired) electrons. The third kappa shape index (κ3) is 2.67. The largest absolute Gasteiger partial charge is 0.383 e. The topological polar surface area (TPSA) is 51.8 Å². The van der Waals surface area contributed by atoms with Crippen molar-refractivity contribution < 1.29 is 0 Å². The molecule has 3 rings (SSSR count). The van der Waals surface area contributed by atoms with Crippen LogP contribution in [0.5, 0.6) is 0 Å². The van der Waals surface area contributed by atoms with E-state index in [0.717, 1.165) is 15.7 Å². The van der Waals surface area contributed by atoms with Gasteiger partial charge in [-0.3, -0.25) is 0 Å². The normalized spacial score (nSPS) is 15.7. The Balaban J connectivity index is 2.05. The van der Waals surface area contributed by atoms with Crippen molar-refractivity contribution in [2.75, 3.05) is 5.73 Å². The Kier molecular flexibility index (Phi) is 3.94. The zero-order valence-electron chi connectivity index (χ0n) is 10.9. The third-order valence-electron chi connectivity index (χ3n) is 3.75. The quantitative estimate of drug-likeness (QED) is 0.844. The molecular formula is C15H15BrClN3. The van der Waals surface area contributed by atoms with Crippen LogP contribution < -0.4 is 5.73 Å². The second kappa shape index (κ2) is 5.70. The fraction of sp³-hybridized carbons (Fsp3) is 0.333. The summed E-state index contributed by atoms with van der Waals surface area (Å²) in [5, 5.41) is 0.704. The average molecular weight is 353 g/mol. The van der Waals surface area contributed by atoms with Crippen LogP contribution in [0.25, 0.3) is 11.4 Å². The number of rotatable bonds is 2. The van der Waals surface area contributed by atoms with Gasteiger partial charge in [-0.25, -0.2) is 9.97 Å². The van der Waals surface area contributed by atoms with E-state index in [-0.39, 0.29) is 0 Å². The maximum Gasteiger partial charge on any atom is 0.161 e. The summed E-state index contributed by atoms with van der Waals surface area (Å²) in [4.78, 5) is 9.12. The van der Waals surface area contributed by atoms with Crippen molar-refractivity contribution in [2.24, 2.45) is 0 Å². The van der Waals surface area contributed by atoms with E-state index in [1.807, 2.05) is 24.3 Å². The molecule has 3 nitrogen and oxygen atoms in total. The molecule has 1 heterocycles. The summed E-state index contributed by atoms with van der Waals surface area (Å²) in [5.41, 5.74) is 8.01. The van der Waals surface area contributed by atoms with Gasteiger partial charge in [-0.2, -0.15) is 0 Å². The first-order valence-electron chi connectivity index (χ1n) is 6.74. The minimum atomic E-state index is 0.487. The van der Waals surface area contributed by atoms with Crippen molar-refractivity contribution >= 4 is 33.3 Å². The van der Waals surface area contributed by atoms with Crippen molar-refractivity contribution in [3.8, 4) is 11.4 Å². The number of halogens is 2. The first kappa shape index (κ1) is 13.8. The molecule has 104 valence electrons. The molecule has 0 amide bonds. The summed E-state index contributed by atoms with van der Waals surface area (Å²) in [6.45, 7) is 0. The molecule has 20 heavy (non-hydrogen) atoms. The molecule has 0 saturated heterocycles. The van der Waals surface area contributed by atoms with Crippen molar-refractivity contribution in [1.29, 1.82) is 0 Å². The predicted molar refractivity (Wildman–Crippen MR) is 85.8 cm³/mol. The highest BCUT2D eigenvalue weighted by molar-refractivity contribution is 9.10. The average Bonchev–Trinajstić information content (AvgIpc) is 2.96. The lowest BCUT2D eigenvalue weighted by Gasteiger charge is -2.14. The summed E-state index contributed by atoms with van der Waals surface area (Å²) < 4.78 is 0.849. The lowest BCUT2D eigenvalue weighted by Crippen LogP contribution is -2.05. The number of hydrogen-bond acceptors (Lipinski definition) is 3. The first-order chi connectivity index (χ1) is 9.65. The van der Waals surface area contributed by atoms with Gasteiger partial charge in [-0.1, -0.05) is 24.4 Å². The molecule has 5 heteroatoms. The van der Waals surface area contributed by atoms with Gasteiger partial charge >= 0.3 is 0 Å². The Labute approximate surface area is 131 Å². The second-order valence-corrected chi connectivity index (χ2v) is 6.35. The highest BCUT2D eigenvalue weighted by atomic mass is 79.9. The highest BCUT2D eigenvalue weighted by Gasteiger charge is 2.23. The molecule has 0 aliphatic heterocycles. The fourth-order valence-electron chi connectivity index (χ4n) is 2.68. The van der Waals surface area contributed by atoms with Crippen LogP contribution in [-0.4, -0.2) is 9.97 Å². The minimum Gasteiger partial charge on any atom is -0.383 e. The summed E-state index contributed by atoms with van der Waals surface area (Å²) in [6, 6.07) is 7.52. The van der Waals surface area contributed by atoms with Gasteiger partial charge in [0.05, 0.1) is 10.2 Å². The van der Waals surface area contributed by atoms with Gasteiger partial charge in [-0.05, 0) is 53.0 Å². The van der Waals surface area contributed by atoms with Crippen LogP contribution in [0.15, 0.2) is 28.7 Å². The number of benzene rings is 1. The smallest absolute Gasteiger partial charge is 0.161 e. The number of nitrogens with zero attached hydrogens (tertiary/aromatic N) is 2. The molecule has 2 N–H and O–H groups in total. The Bertz CT molecular complexity index is 622. The van der Waals surface area contributed by atoms with Crippen molar-refractivity contribution in [3.05, 3.63) is 39.5 Å². The molecule has 0 bridgehead atoms. The van der Waals surface area contributed by atoms with E-state index in [1.165, 1.54) is 25.7 Å². The van der Waals surface area contributed by atoms with Crippen LogP contribution in [-0.2, 0) is 0 Å². The molecule has 1 aromatic carbocycles. The van der Waals surface area contributed by atoms with E-state index in [0.29, 0.717) is 22.6 Å². The molecule has 1 aromatic heterocycles. The van der Waals surface area contributed by atoms with E-state index in [9.17, 15) is 0 Å². The van der Waals surface area contributed by atoms with Gasteiger partial charge in [0, 0.05) is 16.5 Å². The summed E-state index contributed by atoms with van der Waals surface area (Å²) in [7, 11) is 0. The van der Waals surface area contributed by atoms with Crippen molar-refractivity contribution in [3.63, 3.8) is 0 Å². The van der Waals surface area contributed by atoms with Crippen molar-refractivity contribution in [2.45, 2.75) is 31.6 Å². The Hall–Kier alpha value is -1.13. The summed E-state index contributed by atoms with van der Waals surface area (Å²) in [6.07, 6.45) is 4.87. The van der Waals surface area contributed by atoms with E-state index >= 15 is 0 Å². The highest BCUT2D eigenvalue weighted by Crippen LogP contribution is 2.39. The van der Waals surface area contributed by atoms with Crippen LogP contribution in [0.4, 0.5) is 5.82 Å². The maximum atomic E-state index is 6.03. The van der Waals surface area contributed by atoms with Crippen LogP contribution in [0.3, 0.4) is 0 Å². The van der Waals surface area contributed by atoms with Crippen molar-refractivity contribution in [1.82, 2.24) is 9.97 Å². The molecule has 1 saturated carbocycles. The molecular weight excluding hydrogens is 338 g/mol. The number of nitrogens with two attached hydrogens (primary N) is 1. The summed E-state index contributed by atoms with van der Waals surface area (Å²) in [5.74, 6) is 1.66. The Morgan fingerprint density at radius 1 is 1.10 bits per heavy atom. The number of anilines is 1. The zero-order valence-corrected chi connectivity index (χ0v) is 13.3. The lowest BCUT2D eigenvalue weighted by molar-refractivity contribution is 0.691. The number of nitrogen functional groups attached to an aromatic ring is 1. The minimum absolute atomic E-state index is 0.487. The zero-order chi connectivity index (χ0) is 14.1. The first-order valence-corrected chi connectivity index (χ1v) is 7.91. The molecule has 0 unspecified atom stereocenters. The summed E-state index contributed by atoms with van der Waals surface area (Å²) >= 11 is 9.45. The molecule has 1 aliphatic rings. The standard InChI is InChI=1S/C15H15BrClN3/c16-12-13(9-3-1-2-4-9)19-15(20-14(12)18)10-5-7-11(17)8-6-10/h5-9H,1-4H2,(H2,18,19,20). The molecule has 0 spiro atoms. The molecule has 1 fully saturated rings. The van der Waals surface area contributed by atoms with Crippen LogP contribution in [0.1, 0.15) is 37.3 Å². The monoisotopic (exact) mass is 351 g/mol. The Morgan fingerprint density at radius 2 is 1.75 bits per heavy atom. The van der Waals surface area contributed by atoms with Gasteiger partial charge < -0.3 is 5.73 Å².